The van der Waals surface area contributed by atoms with Crippen molar-refractivity contribution in [3.8, 4) is 0 Å². The van der Waals surface area contributed by atoms with Crippen LogP contribution in [-0.2, 0) is 76.2 Å². The minimum absolute atomic E-state index is 0.0140. The first-order valence-corrected chi connectivity index (χ1v) is 30.8. The van der Waals surface area contributed by atoms with Crippen molar-refractivity contribution in [1.29, 1.82) is 0 Å². The zero-order valence-electron chi connectivity index (χ0n) is 49.5. The van der Waals surface area contributed by atoms with Crippen LogP contribution >= 0.6 is 0 Å². The van der Waals surface area contributed by atoms with Gasteiger partial charge in [-0.15, -0.1) is 0 Å². The first-order valence-electron chi connectivity index (χ1n) is 28.7. The minimum atomic E-state index is -1.04. The Hall–Kier alpha value is -7.21. The molecule has 0 radical (unpaired) electrons. The quantitative estimate of drug-likeness (QED) is 0.241. The number of ether oxygens (including phenoxy) is 9. The summed E-state index contributed by atoms with van der Waals surface area (Å²) in [6, 6.07) is 0. The standard InChI is InChI=1S/C11H14O2.C10H12O3.C10H12O2.C9H10O3.C9H14O2Si.C9H12O2.C8H10O2/c1-9-5-6-10(12)11(13-9)7-3-2-4-8-11;1-8-4-5-9(11)10(13-8)6-2-3-7-12-10;1-8-4-5-9(11)10(12-8)6-2-3-7-10;1-7-3-4-8(10)9(12-7)5-2-6-11-9;1-4-9(12-3)8(10)6-5-7(2)11-9;1-4-9(3)8(10)6-5-7(2)11-9;1-6-4-5-7(9)8(2,3)10-6/h5-6H,1-4,7-8H2;4-5H,1-3,6-7H2;4-5H,1-3,6-7H2;3-4H,1-2,5-6H2;5-6H,2,4,12H2,1,3H3;5-6H,2,4H2,1,3H3;4-5H,1H2,2-3H3. The van der Waals surface area contributed by atoms with Crippen molar-refractivity contribution in [2.24, 2.45) is 0 Å². The van der Waals surface area contributed by atoms with Crippen molar-refractivity contribution in [1.82, 2.24) is 0 Å². The fourth-order valence-corrected chi connectivity index (χ4v) is 11.6. The molecule has 11 aliphatic rings. The first-order chi connectivity index (χ1) is 39.2. The van der Waals surface area contributed by atoms with E-state index in [1.54, 1.807) is 81.5 Å². The maximum Gasteiger partial charge on any atom is 0.274 e. The van der Waals surface area contributed by atoms with E-state index in [2.05, 4.69) is 52.6 Å². The molecule has 2 aliphatic carbocycles. The summed E-state index contributed by atoms with van der Waals surface area (Å²) in [5.74, 6) is 2.08. The van der Waals surface area contributed by atoms with E-state index in [9.17, 15) is 33.6 Å². The monoisotopic (exact) mass is 1160 g/mol. The number of hydrogen-bond donors (Lipinski definition) is 0. The average molecular weight is 1160 g/mol. The van der Waals surface area contributed by atoms with Gasteiger partial charge in [0.05, 0.1) is 22.7 Å². The third-order valence-electron chi connectivity index (χ3n) is 15.6. The van der Waals surface area contributed by atoms with Gasteiger partial charge in [0, 0.05) is 12.8 Å². The van der Waals surface area contributed by atoms with Gasteiger partial charge in [-0.2, -0.15) is 0 Å². The molecule has 4 unspecified atom stereocenters. The van der Waals surface area contributed by atoms with Crippen LogP contribution < -0.4 is 0 Å². The first kappa shape index (κ1) is 66.6. The summed E-state index contributed by atoms with van der Waals surface area (Å²) in [4.78, 5) is 79.9. The topological polar surface area (TPSA) is 203 Å². The molecular weight excluding hydrogens is 1080 g/mol. The maximum absolute atomic E-state index is 11.7. The Bertz CT molecular complexity index is 2630. The maximum atomic E-state index is 11.7. The van der Waals surface area contributed by atoms with Gasteiger partial charge in [-0.3, -0.25) is 33.6 Å². The zero-order chi connectivity index (χ0) is 61.3. The molecule has 0 aromatic heterocycles. The molecule has 17 heteroatoms. The molecule has 9 aliphatic heterocycles. The predicted molar refractivity (Wildman–Crippen MR) is 318 cm³/mol. The molecule has 4 atom stereocenters. The van der Waals surface area contributed by atoms with Gasteiger partial charge in [-0.1, -0.05) is 72.9 Å². The molecule has 0 aromatic rings. The summed E-state index contributed by atoms with van der Waals surface area (Å²) in [6.45, 7) is 38.1. The number of rotatable bonds is 3. The summed E-state index contributed by atoms with van der Waals surface area (Å²) in [7, 11) is -0.502. The lowest BCUT2D eigenvalue weighted by molar-refractivity contribution is -0.224. The number of hydrogen-bond acceptors (Lipinski definition) is 16. The van der Waals surface area contributed by atoms with Crippen molar-refractivity contribution in [2.45, 2.75) is 183 Å². The molecule has 83 heavy (non-hydrogen) atoms. The zero-order valence-corrected chi connectivity index (χ0v) is 50.9. The normalized spacial score (nSPS) is 29.2. The van der Waals surface area contributed by atoms with E-state index in [0.29, 0.717) is 72.8 Å². The second kappa shape index (κ2) is 28.9. The summed E-state index contributed by atoms with van der Waals surface area (Å²) in [6.07, 6.45) is 36.5. The molecule has 0 amide bonds. The molecule has 0 N–H and O–H groups in total. The Morgan fingerprint density at radius 3 is 1.07 bits per heavy atom. The third kappa shape index (κ3) is 17.2. The molecule has 4 spiro atoms. The Morgan fingerprint density at radius 2 is 0.711 bits per heavy atom. The van der Waals surface area contributed by atoms with Gasteiger partial charge < -0.3 is 42.6 Å². The lowest BCUT2D eigenvalue weighted by atomic mass is 9.80. The van der Waals surface area contributed by atoms with Gasteiger partial charge in [-0.25, -0.2) is 0 Å². The van der Waals surface area contributed by atoms with Crippen molar-refractivity contribution >= 4 is 50.0 Å². The predicted octanol–water partition coefficient (Wildman–Crippen LogP) is 11.3. The Balaban J connectivity index is 0.000000178. The van der Waals surface area contributed by atoms with Crippen LogP contribution in [0.15, 0.2) is 171 Å². The number of carbonyl (C=O) groups is 7. The summed E-state index contributed by atoms with van der Waals surface area (Å²) in [5.41, 5.74) is -2.45. The van der Waals surface area contributed by atoms with E-state index in [1.807, 2.05) is 13.8 Å². The van der Waals surface area contributed by atoms with Crippen LogP contribution in [0.4, 0.5) is 0 Å². The largest absolute Gasteiger partial charge is 0.484 e. The third-order valence-corrected chi connectivity index (χ3v) is 17.7. The van der Waals surface area contributed by atoms with Crippen LogP contribution in [0, 0.1) is 0 Å². The highest BCUT2D eigenvalue weighted by Gasteiger charge is 2.47. The fourth-order valence-electron chi connectivity index (χ4n) is 10.3. The lowest BCUT2D eigenvalue weighted by Gasteiger charge is -2.37. The molecule has 2 saturated heterocycles. The Kier molecular flexibility index (Phi) is 23.1. The fraction of sp³-hybridized carbons (Fsp3) is 0.470. The highest BCUT2D eigenvalue weighted by molar-refractivity contribution is 6.46. The number of carbonyl (C=O) groups excluding carboxylic acids is 7. The van der Waals surface area contributed by atoms with Gasteiger partial charge in [0.2, 0.25) is 11.6 Å². The molecule has 11 rings (SSSR count). The van der Waals surface area contributed by atoms with Crippen molar-refractivity contribution in [3.05, 3.63) is 171 Å². The second-order valence-corrected chi connectivity index (χ2v) is 24.0. The molecule has 0 aromatic carbocycles. The molecular formula is C66H84O16Si. The summed E-state index contributed by atoms with van der Waals surface area (Å²) < 4.78 is 48.4. The minimum Gasteiger partial charge on any atom is -0.484 e. The molecule has 0 bridgehead atoms. The smallest absolute Gasteiger partial charge is 0.274 e. The van der Waals surface area contributed by atoms with E-state index in [4.69, 9.17) is 42.6 Å². The Labute approximate surface area is 492 Å². The van der Waals surface area contributed by atoms with Crippen molar-refractivity contribution in [2.75, 3.05) is 13.2 Å². The van der Waals surface area contributed by atoms with E-state index in [1.165, 1.54) is 30.7 Å². The van der Waals surface area contributed by atoms with Gasteiger partial charge in [0.1, 0.15) is 45.5 Å². The molecule has 4 fully saturated rings. The van der Waals surface area contributed by atoms with Gasteiger partial charge in [0.15, 0.2) is 51.3 Å². The molecule has 448 valence electrons. The molecule has 2 saturated carbocycles. The highest BCUT2D eigenvalue weighted by Crippen LogP contribution is 2.40. The molecule has 9 heterocycles. The average Bonchev–Trinajstić information content (AvgIpc) is 4.38. The van der Waals surface area contributed by atoms with Gasteiger partial charge in [-0.05, 0) is 189 Å². The van der Waals surface area contributed by atoms with E-state index >= 15 is 0 Å². The summed E-state index contributed by atoms with van der Waals surface area (Å²) in [5, 5.41) is -0.494. The van der Waals surface area contributed by atoms with Crippen LogP contribution in [0.1, 0.15) is 137 Å². The van der Waals surface area contributed by atoms with Crippen molar-refractivity contribution in [3.63, 3.8) is 0 Å². The van der Waals surface area contributed by atoms with Crippen LogP contribution in [-0.4, -0.2) is 102 Å². The van der Waals surface area contributed by atoms with E-state index < -0.39 is 48.7 Å². The van der Waals surface area contributed by atoms with E-state index in [0.717, 1.165) is 77.0 Å². The summed E-state index contributed by atoms with van der Waals surface area (Å²) >= 11 is 0. The van der Waals surface area contributed by atoms with Crippen LogP contribution in [0.25, 0.3) is 0 Å². The lowest BCUT2D eigenvalue weighted by Crippen LogP contribution is -2.47. The Morgan fingerprint density at radius 1 is 0.361 bits per heavy atom. The van der Waals surface area contributed by atoms with Gasteiger partial charge in [0.25, 0.3) is 11.6 Å². The van der Waals surface area contributed by atoms with Crippen LogP contribution in [0.3, 0.4) is 0 Å². The van der Waals surface area contributed by atoms with Gasteiger partial charge >= 0.3 is 0 Å². The van der Waals surface area contributed by atoms with Crippen molar-refractivity contribution < 1.29 is 76.2 Å². The van der Waals surface area contributed by atoms with Crippen LogP contribution in [0.5, 0.6) is 0 Å². The van der Waals surface area contributed by atoms with Crippen LogP contribution in [0.2, 0.25) is 6.55 Å². The molecule has 16 nitrogen and oxygen atoms in total. The second-order valence-electron chi connectivity index (χ2n) is 22.2. The highest BCUT2D eigenvalue weighted by atomic mass is 28.2. The number of ketones is 7. The van der Waals surface area contributed by atoms with E-state index in [-0.39, 0.29) is 40.5 Å². The number of allylic oxidation sites excluding steroid dienone is 7. The SMILES string of the molecule is C=C1C=CC(=O)C(C)(C)O1.C=C1C=CC(=O)C(C)(CC)O1.C=C1C=CC(=O)C(CC)([SiH2]C)O1.C=C1C=CC(=O)C2(CCCC2)O1.C=C1C=CC(=O)C2(CCCCC2)O1.C=C1C=CC(=O)C2(CCCCO2)O1.C=C1C=CC(=O)C2(CCCO2)O1.